The monoisotopic (exact) mass is 236 g/mol. The van der Waals surface area contributed by atoms with Crippen molar-refractivity contribution in [2.24, 2.45) is 0 Å². The fraction of sp³-hybridized carbons (Fsp3) is 0.176. The molecule has 90 valence electrons. The Hall–Kier alpha value is -2.20. The molecular weight excluding hydrogens is 220 g/mol. The van der Waals surface area contributed by atoms with Crippen molar-refractivity contribution in [3.63, 3.8) is 0 Å². The van der Waals surface area contributed by atoms with Gasteiger partial charge in [-0.05, 0) is 25.5 Å². The van der Waals surface area contributed by atoms with E-state index >= 15 is 0 Å². The van der Waals surface area contributed by atoms with Crippen molar-refractivity contribution in [1.29, 1.82) is 0 Å². The van der Waals surface area contributed by atoms with Gasteiger partial charge in [-0.1, -0.05) is 48.4 Å². The van der Waals surface area contributed by atoms with Crippen molar-refractivity contribution in [2.75, 3.05) is 0 Å². The Morgan fingerprint density at radius 2 is 1.72 bits per heavy atom. The lowest BCUT2D eigenvalue weighted by Crippen LogP contribution is -2.08. The highest BCUT2D eigenvalue weighted by molar-refractivity contribution is 5.74. The largest absolute Gasteiger partial charge is 0.489 e. The Morgan fingerprint density at radius 3 is 2.33 bits per heavy atom. The van der Waals surface area contributed by atoms with E-state index in [9.17, 15) is 0 Å². The van der Waals surface area contributed by atoms with E-state index in [-0.39, 0.29) is 6.10 Å². The van der Waals surface area contributed by atoms with Gasteiger partial charge < -0.3 is 4.74 Å². The molecule has 1 nitrogen and oxygen atoms in total. The van der Waals surface area contributed by atoms with E-state index in [1.807, 2.05) is 50.2 Å². The first-order valence-electron chi connectivity index (χ1n) is 6.04. The lowest BCUT2D eigenvalue weighted by Gasteiger charge is -2.16. The van der Waals surface area contributed by atoms with Crippen LogP contribution in [0.3, 0.4) is 0 Å². The molecule has 0 heterocycles. The van der Waals surface area contributed by atoms with Crippen molar-refractivity contribution in [1.82, 2.24) is 0 Å². The second kappa shape index (κ2) is 5.42. The molecule has 1 heteroatoms. The maximum Gasteiger partial charge on any atom is 0.143 e. The van der Waals surface area contributed by atoms with Gasteiger partial charge in [-0.25, -0.2) is 0 Å². The first kappa shape index (κ1) is 12.3. The van der Waals surface area contributed by atoms with Gasteiger partial charge in [0.1, 0.15) is 5.75 Å². The summed E-state index contributed by atoms with van der Waals surface area (Å²) in [5.74, 6) is 3.48. The zero-order valence-electron chi connectivity index (χ0n) is 10.7. The van der Waals surface area contributed by atoms with E-state index in [4.69, 9.17) is 11.2 Å². The quantitative estimate of drug-likeness (QED) is 0.728. The van der Waals surface area contributed by atoms with E-state index in [1.54, 1.807) is 0 Å². The van der Waals surface area contributed by atoms with Gasteiger partial charge in [0.15, 0.2) is 0 Å². The molecule has 0 saturated carbocycles. The first-order chi connectivity index (χ1) is 8.72. The molecule has 2 aromatic rings. The minimum atomic E-state index is 0.0990. The van der Waals surface area contributed by atoms with Crippen molar-refractivity contribution in [3.05, 3.63) is 54.1 Å². The van der Waals surface area contributed by atoms with Gasteiger partial charge in [0.2, 0.25) is 0 Å². The van der Waals surface area contributed by atoms with Crippen LogP contribution in [-0.2, 0) is 0 Å². The predicted molar refractivity (Wildman–Crippen MR) is 75.6 cm³/mol. The molecule has 0 N–H and O–H groups in total. The van der Waals surface area contributed by atoms with Gasteiger partial charge in [-0.3, -0.25) is 0 Å². The SMILES string of the molecule is C#Cc1cccc(-c2ccccc2)c1OC(C)C. The summed E-state index contributed by atoms with van der Waals surface area (Å²) in [6.45, 7) is 4.00. The lowest BCUT2D eigenvalue weighted by molar-refractivity contribution is 0.243. The van der Waals surface area contributed by atoms with Crippen LogP contribution in [0.25, 0.3) is 11.1 Å². The van der Waals surface area contributed by atoms with Gasteiger partial charge >= 0.3 is 0 Å². The van der Waals surface area contributed by atoms with Crippen LogP contribution in [0.15, 0.2) is 48.5 Å². The Labute approximate surface area is 108 Å². The number of hydrogen-bond donors (Lipinski definition) is 0. The number of terminal acetylenes is 1. The summed E-state index contributed by atoms with van der Waals surface area (Å²) in [6.07, 6.45) is 5.64. The molecule has 2 rings (SSSR count). The van der Waals surface area contributed by atoms with Crippen molar-refractivity contribution < 1.29 is 4.74 Å². The van der Waals surface area contributed by atoms with Crippen molar-refractivity contribution in [3.8, 4) is 29.2 Å². The highest BCUT2D eigenvalue weighted by Gasteiger charge is 2.11. The molecule has 2 aromatic carbocycles. The maximum atomic E-state index is 5.88. The minimum Gasteiger partial charge on any atom is -0.489 e. The molecule has 0 aromatic heterocycles. The summed E-state index contributed by atoms with van der Waals surface area (Å²) < 4.78 is 5.88. The third kappa shape index (κ3) is 2.55. The van der Waals surface area contributed by atoms with E-state index in [0.29, 0.717) is 0 Å². The molecule has 0 spiro atoms. The Bertz CT molecular complexity index is 562. The van der Waals surface area contributed by atoms with Crippen LogP contribution in [-0.4, -0.2) is 6.10 Å². The zero-order valence-corrected chi connectivity index (χ0v) is 10.7. The van der Waals surface area contributed by atoms with Crippen LogP contribution < -0.4 is 4.74 Å². The highest BCUT2D eigenvalue weighted by atomic mass is 16.5. The number of rotatable bonds is 3. The van der Waals surface area contributed by atoms with Crippen LogP contribution in [0.1, 0.15) is 19.4 Å². The summed E-state index contributed by atoms with van der Waals surface area (Å²) in [6, 6.07) is 16.0. The number of para-hydroxylation sites is 1. The molecule has 0 unspecified atom stereocenters. The van der Waals surface area contributed by atoms with Gasteiger partial charge in [0.05, 0.1) is 11.7 Å². The third-order valence-electron chi connectivity index (χ3n) is 2.61. The number of ether oxygens (including phenoxy) is 1. The standard InChI is InChI=1S/C17H16O/c1-4-14-11-8-12-16(17(14)18-13(2)3)15-9-6-5-7-10-15/h1,5-13H,2-3H3. The van der Waals surface area contributed by atoms with Crippen LogP contribution in [0.5, 0.6) is 5.75 Å². The topological polar surface area (TPSA) is 9.23 Å². The van der Waals surface area contributed by atoms with E-state index in [1.165, 1.54) is 0 Å². The predicted octanol–water partition coefficient (Wildman–Crippen LogP) is 4.12. The Kier molecular flexibility index (Phi) is 3.69. The maximum absolute atomic E-state index is 5.88. The molecule has 0 saturated heterocycles. The van der Waals surface area contributed by atoms with E-state index in [2.05, 4.69) is 18.1 Å². The summed E-state index contributed by atoms with van der Waals surface area (Å²) >= 11 is 0. The summed E-state index contributed by atoms with van der Waals surface area (Å²) in [5.41, 5.74) is 2.95. The summed E-state index contributed by atoms with van der Waals surface area (Å²) in [4.78, 5) is 0. The molecule has 0 aliphatic rings. The number of hydrogen-bond acceptors (Lipinski definition) is 1. The molecule has 0 aliphatic heterocycles. The van der Waals surface area contributed by atoms with Crippen LogP contribution in [0.2, 0.25) is 0 Å². The minimum absolute atomic E-state index is 0.0990. The van der Waals surface area contributed by atoms with Crippen LogP contribution in [0.4, 0.5) is 0 Å². The summed E-state index contributed by atoms with van der Waals surface area (Å²) in [5, 5.41) is 0. The smallest absolute Gasteiger partial charge is 0.143 e. The van der Waals surface area contributed by atoms with E-state index in [0.717, 1.165) is 22.4 Å². The van der Waals surface area contributed by atoms with Crippen molar-refractivity contribution >= 4 is 0 Å². The first-order valence-corrected chi connectivity index (χ1v) is 6.04. The lowest BCUT2D eigenvalue weighted by atomic mass is 10.0. The molecule has 0 bridgehead atoms. The molecule has 18 heavy (non-hydrogen) atoms. The van der Waals surface area contributed by atoms with Gasteiger partial charge in [0.25, 0.3) is 0 Å². The second-order valence-corrected chi connectivity index (χ2v) is 4.36. The fourth-order valence-electron chi connectivity index (χ4n) is 1.86. The number of benzene rings is 2. The molecular formula is C17H16O. The zero-order chi connectivity index (χ0) is 13.0. The molecule has 0 atom stereocenters. The summed E-state index contributed by atoms with van der Waals surface area (Å²) in [7, 11) is 0. The van der Waals surface area contributed by atoms with Gasteiger partial charge in [-0.15, -0.1) is 6.42 Å². The van der Waals surface area contributed by atoms with E-state index < -0.39 is 0 Å². The fourth-order valence-corrected chi connectivity index (χ4v) is 1.86. The van der Waals surface area contributed by atoms with Crippen molar-refractivity contribution in [2.45, 2.75) is 20.0 Å². The Morgan fingerprint density at radius 1 is 1.00 bits per heavy atom. The third-order valence-corrected chi connectivity index (χ3v) is 2.61. The Balaban J connectivity index is 2.57. The van der Waals surface area contributed by atoms with Crippen LogP contribution in [0, 0.1) is 12.3 Å². The average molecular weight is 236 g/mol. The normalized spacial score (nSPS) is 10.1. The van der Waals surface area contributed by atoms with Gasteiger partial charge in [-0.2, -0.15) is 0 Å². The molecule has 0 radical (unpaired) electrons. The highest BCUT2D eigenvalue weighted by Crippen LogP contribution is 2.33. The molecule has 0 amide bonds. The van der Waals surface area contributed by atoms with Gasteiger partial charge in [0, 0.05) is 5.56 Å². The molecule has 0 fully saturated rings. The van der Waals surface area contributed by atoms with Crippen LogP contribution >= 0.6 is 0 Å². The molecule has 0 aliphatic carbocycles. The second-order valence-electron chi connectivity index (χ2n) is 4.36. The average Bonchev–Trinajstić information content (AvgIpc) is 2.39.